The Balaban J connectivity index is 1.69. The molecule has 0 amide bonds. The van der Waals surface area contributed by atoms with Gasteiger partial charge >= 0.3 is 0 Å². The molecule has 5 nitrogen and oxygen atoms in total. The monoisotopic (exact) mass is 310 g/mol. The summed E-state index contributed by atoms with van der Waals surface area (Å²) in [5.74, 6) is 0.282. The molecule has 1 fully saturated rings. The van der Waals surface area contributed by atoms with E-state index in [1.54, 1.807) is 12.1 Å². The molecule has 2 aliphatic heterocycles. The summed E-state index contributed by atoms with van der Waals surface area (Å²) in [6.45, 7) is 2.80. The first-order valence-electron chi connectivity index (χ1n) is 7.59. The van der Waals surface area contributed by atoms with Crippen LogP contribution in [0.15, 0.2) is 23.1 Å². The molecule has 0 spiro atoms. The normalized spacial score (nSPS) is 22.4. The van der Waals surface area contributed by atoms with E-state index in [9.17, 15) is 8.42 Å². The van der Waals surface area contributed by atoms with Gasteiger partial charge in [0.1, 0.15) is 0 Å². The molecule has 1 saturated heterocycles. The third kappa shape index (κ3) is 3.56. The second-order valence-corrected chi connectivity index (χ2v) is 7.55. The number of hydrogen-bond acceptors (Lipinski definition) is 4. The number of hydrogen-bond donors (Lipinski definition) is 2. The van der Waals surface area contributed by atoms with Crippen molar-refractivity contribution in [2.24, 2.45) is 5.92 Å². The number of aryl methyl sites for hydroxylation is 1. The largest absolute Gasteiger partial charge is 0.385 e. The summed E-state index contributed by atoms with van der Waals surface area (Å²) in [4.78, 5) is 0.340. The van der Waals surface area contributed by atoms with Gasteiger partial charge in [-0.25, -0.2) is 13.1 Å². The highest BCUT2D eigenvalue weighted by molar-refractivity contribution is 7.89. The van der Waals surface area contributed by atoms with Crippen molar-refractivity contribution in [1.29, 1.82) is 0 Å². The van der Waals surface area contributed by atoms with Crippen LogP contribution in [0.3, 0.4) is 0 Å². The molecule has 0 aromatic heterocycles. The van der Waals surface area contributed by atoms with Crippen molar-refractivity contribution in [2.75, 3.05) is 31.6 Å². The Morgan fingerprint density at radius 3 is 3.05 bits per heavy atom. The van der Waals surface area contributed by atoms with Crippen molar-refractivity contribution in [3.05, 3.63) is 23.8 Å². The number of sulfonamides is 1. The van der Waals surface area contributed by atoms with Gasteiger partial charge in [0, 0.05) is 25.4 Å². The summed E-state index contributed by atoms with van der Waals surface area (Å²) < 4.78 is 32.9. The lowest BCUT2D eigenvalue weighted by molar-refractivity contribution is 0.0568. The van der Waals surface area contributed by atoms with E-state index in [4.69, 9.17) is 4.74 Å². The van der Waals surface area contributed by atoms with Gasteiger partial charge < -0.3 is 10.1 Å². The lowest BCUT2D eigenvalue weighted by Crippen LogP contribution is -2.33. The molecule has 116 valence electrons. The maximum Gasteiger partial charge on any atom is 0.240 e. The van der Waals surface area contributed by atoms with Crippen molar-refractivity contribution in [1.82, 2.24) is 4.72 Å². The molecule has 2 aliphatic rings. The van der Waals surface area contributed by atoms with Crippen LogP contribution in [0.4, 0.5) is 5.69 Å². The highest BCUT2D eigenvalue weighted by atomic mass is 32.2. The van der Waals surface area contributed by atoms with Gasteiger partial charge in [-0.05, 0) is 49.3 Å². The number of fused-ring (bicyclic) bond motifs is 1. The van der Waals surface area contributed by atoms with Crippen molar-refractivity contribution in [3.8, 4) is 0 Å². The summed E-state index contributed by atoms with van der Waals surface area (Å²) in [7, 11) is -3.44. The van der Waals surface area contributed by atoms with Gasteiger partial charge in [-0.2, -0.15) is 0 Å². The van der Waals surface area contributed by atoms with Crippen LogP contribution in [0.5, 0.6) is 0 Å². The fraction of sp³-hybridized carbons (Fsp3) is 0.600. The second-order valence-electron chi connectivity index (χ2n) is 5.78. The predicted octanol–water partition coefficient (Wildman–Crippen LogP) is 1.75. The number of benzene rings is 1. The lowest BCUT2D eigenvalue weighted by Gasteiger charge is -2.22. The first-order chi connectivity index (χ1) is 10.1. The summed E-state index contributed by atoms with van der Waals surface area (Å²) in [6.07, 6.45) is 4.14. The lowest BCUT2D eigenvalue weighted by atomic mass is 10.0. The molecule has 1 aromatic rings. The summed E-state index contributed by atoms with van der Waals surface area (Å²) in [5, 5.41) is 3.27. The number of ether oxygens (including phenoxy) is 1. The highest BCUT2D eigenvalue weighted by Crippen LogP contribution is 2.25. The molecular formula is C15H22N2O3S. The molecule has 21 heavy (non-hydrogen) atoms. The van der Waals surface area contributed by atoms with Crippen LogP contribution >= 0.6 is 0 Å². The predicted molar refractivity (Wildman–Crippen MR) is 82.0 cm³/mol. The van der Waals surface area contributed by atoms with Gasteiger partial charge in [-0.3, -0.25) is 0 Å². The Bertz CT molecular complexity index is 595. The summed E-state index contributed by atoms with van der Waals surface area (Å²) in [6, 6.07) is 5.36. The minimum Gasteiger partial charge on any atom is -0.385 e. The molecule has 0 radical (unpaired) electrons. The van der Waals surface area contributed by atoms with Crippen LogP contribution in [0, 0.1) is 5.92 Å². The van der Waals surface area contributed by atoms with Gasteiger partial charge in [0.05, 0.1) is 11.5 Å². The number of anilines is 1. The van der Waals surface area contributed by atoms with E-state index in [0.717, 1.165) is 44.5 Å². The number of rotatable bonds is 4. The van der Waals surface area contributed by atoms with Crippen LogP contribution in [0.25, 0.3) is 0 Å². The fourth-order valence-corrected chi connectivity index (χ4v) is 4.03. The van der Waals surface area contributed by atoms with Gasteiger partial charge in [-0.15, -0.1) is 0 Å². The van der Waals surface area contributed by atoms with Crippen LogP contribution < -0.4 is 10.0 Å². The van der Waals surface area contributed by atoms with Crippen molar-refractivity contribution in [2.45, 2.75) is 30.6 Å². The van der Waals surface area contributed by atoms with Gasteiger partial charge in [-0.1, -0.05) is 6.07 Å². The molecule has 2 heterocycles. The van der Waals surface area contributed by atoms with E-state index in [1.165, 1.54) is 5.56 Å². The van der Waals surface area contributed by atoms with Crippen LogP contribution in [0.2, 0.25) is 0 Å². The van der Waals surface area contributed by atoms with Crippen LogP contribution in [-0.4, -0.2) is 34.7 Å². The molecule has 1 unspecified atom stereocenters. The van der Waals surface area contributed by atoms with E-state index in [2.05, 4.69) is 10.0 Å². The van der Waals surface area contributed by atoms with E-state index in [-0.39, 0.29) is 5.92 Å². The average Bonchev–Trinajstić information content (AvgIpc) is 2.53. The Labute approximate surface area is 126 Å². The zero-order chi connectivity index (χ0) is 14.7. The van der Waals surface area contributed by atoms with Crippen molar-refractivity contribution in [3.63, 3.8) is 0 Å². The van der Waals surface area contributed by atoms with Crippen molar-refractivity contribution < 1.29 is 13.2 Å². The fourth-order valence-electron chi connectivity index (χ4n) is 2.89. The minimum atomic E-state index is -3.44. The standard InChI is InChI=1S/C15H22N2O3S/c18-21(19,17-10-12-3-2-8-20-11-12)14-6-5-13-4-1-7-16-15(13)9-14/h5-6,9,12,16-17H,1-4,7-8,10-11H2. The Hall–Kier alpha value is -1.11. The molecule has 1 aromatic carbocycles. The van der Waals surface area contributed by atoms with Gasteiger partial charge in [0.25, 0.3) is 0 Å². The van der Waals surface area contributed by atoms with E-state index < -0.39 is 10.0 Å². The zero-order valence-electron chi connectivity index (χ0n) is 12.1. The first kappa shape index (κ1) is 14.8. The molecule has 2 N–H and O–H groups in total. The maximum atomic E-state index is 12.4. The Kier molecular flexibility index (Phi) is 4.47. The number of nitrogens with one attached hydrogen (secondary N) is 2. The SMILES string of the molecule is O=S(=O)(NCC1CCCOC1)c1ccc2c(c1)NCCC2. The van der Waals surface area contributed by atoms with E-state index in [0.29, 0.717) is 18.0 Å². The molecular weight excluding hydrogens is 288 g/mol. The van der Waals surface area contributed by atoms with Crippen molar-refractivity contribution >= 4 is 15.7 Å². The smallest absolute Gasteiger partial charge is 0.240 e. The summed E-state index contributed by atoms with van der Waals surface area (Å²) >= 11 is 0. The zero-order valence-corrected chi connectivity index (χ0v) is 12.9. The molecule has 0 saturated carbocycles. The Morgan fingerprint density at radius 2 is 2.24 bits per heavy atom. The third-order valence-corrected chi connectivity index (χ3v) is 5.57. The quantitative estimate of drug-likeness (QED) is 0.889. The minimum absolute atomic E-state index is 0.282. The van der Waals surface area contributed by atoms with Gasteiger partial charge in [0.15, 0.2) is 0 Å². The summed E-state index contributed by atoms with van der Waals surface area (Å²) in [5.41, 5.74) is 2.14. The molecule has 0 bridgehead atoms. The maximum absolute atomic E-state index is 12.4. The van der Waals surface area contributed by atoms with E-state index >= 15 is 0 Å². The van der Waals surface area contributed by atoms with Gasteiger partial charge in [0.2, 0.25) is 10.0 Å². The van der Waals surface area contributed by atoms with E-state index in [1.807, 2.05) is 6.07 Å². The third-order valence-electron chi connectivity index (χ3n) is 4.15. The average molecular weight is 310 g/mol. The Morgan fingerprint density at radius 1 is 1.33 bits per heavy atom. The first-order valence-corrected chi connectivity index (χ1v) is 9.08. The topological polar surface area (TPSA) is 67.4 Å². The molecule has 1 atom stereocenters. The van der Waals surface area contributed by atoms with Crippen LogP contribution in [0.1, 0.15) is 24.8 Å². The molecule has 6 heteroatoms. The molecule has 3 rings (SSSR count). The van der Waals surface area contributed by atoms with Crippen LogP contribution in [-0.2, 0) is 21.2 Å². The highest BCUT2D eigenvalue weighted by Gasteiger charge is 2.20. The molecule has 0 aliphatic carbocycles. The second kappa shape index (κ2) is 6.34.